The zero-order valence-corrected chi connectivity index (χ0v) is 17.2. The van der Waals surface area contributed by atoms with Gasteiger partial charge in [0.1, 0.15) is 12.1 Å². The third-order valence-corrected chi connectivity index (χ3v) is 5.42. The lowest BCUT2D eigenvalue weighted by molar-refractivity contribution is -0.125. The lowest BCUT2D eigenvalue weighted by Gasteiger charge is -2.32. The molecule has 1 fully saturated rings. The number of hydrogen-bond donors (Lipinski definition) is 1. The van der Waals surface area contributed by atoms with Crippen LogP contribution in [0.2, 0.25) is 0 Å². The van der Waals surface area contributed by atoms with Gasteiger partial charge >= 0.3 is 0 Å². The second-order valence-corrected chi connectivity index (χ2v) is 7.34. The summed E-state index contributed by atoms with van der Waals surface area (Å²) in [6.07, 6.45) is 4.15. The van der Waals surface area contributed by atoms with Crippen molar-refractivity contribution in [2.75, 3.05) is 38.8 Å². The van der Waals surface area contributed by atoms with E-state index in [4.69, 9.17) is 9.47 Å². The number of amides is 1. The number of anilines is 1. The molecule has 4 rings (SSSR count). The van der Waals surface area contributed by atoms with Crippen LogP contribution in [0.25, 0.3) is 5.65 Å². The van der Waals surface area contributed by atoms with E-state index in [1.54, 1.807) is 25.1 Å². The first-order chi connectivity index (χ1) is 14.7. The van der Waals surface area contributed by atoms with Crippen LogP contribution in [0.5, 0.6) is 11.5 Å². The van der Waals surface area contributed by atoms with Gasteiger partial charge in [-0.25, -0.2) is 0 Å². The number of rotatable bonds is 7. The Morgan fingerprint density at radius 2 is 2.07 bits per heavy atom. The van der Waals surface area contributed by atoms with E-state index < -0.39 is 0 Å². The number of piperidine rings is 1. The van der Waals surface area contributed by atoms with E-state index in [9.17, 15) is 4.79 Å². The molecule has 0 bridgehead atoms. The van der Waals surface area contributed by atoms with Gasteiger partial charge in [-0.2, -0.15) is 4.52 Å². The average Bonchev–Trinajstić information content (AvgIpc) is 3.27. The molecule has 1 unspecified atom stereocenters. The van der Waals surface area contributed by atoms with E-state index in [1.165, 1.54) is 0 Å². The Morgan fingerprint density at radius 3 is 2.90 bits per heavy atom. The molecule has 1 atom stereocenters. The number of aromatic nitrogens is 4. The molecule has 0 aliphatic carbocycles. The summed E-state index contributed by atoms with van der Waals surface area (Å²) in [5, 5.41) is 15.5. The minimum absolute atomic E-state index is 0.0532. The predicted molar refractivity (Wildman–Crippen MR) is 112 cm³/mol. The normalized spacial score (nSPS) is 16.5. The topological polar surface area (TPSA) is 93.9 Å². The summed E-state index contributed by atoms with van der Waals surface area (Å²) in [4.78, 5) is 14.9. The van der Waals surface area contributed by atoms with Crippen LogP contribution >= 0.6 is 0 Å². The summed E-state index contributed by atoms with van der Waals surface area (Å²) in [5.41, 5.74) is 1.80. The molecule has 9 heteroatoms. The van der Waals surface area contributed by atoms with E-state index in [0.29, 0.717) is 30.2 Å². The van der Waals surface area contributed by atoms with Crippen molar-refractivity contribution in [1.82, 2.24) is 25.1 Å². The maximum absolute atomic E-state index is 12.7. The van der Waals surface area contributed by atoms with Gasteiger partial charge in [-0.15, -0.1) is 15.3 Å². The predicted octanol–water partition coefficient (Wildman–Crippen LogP) is 1.72. The van der Waals surface area contributed by atoms with Crippen molar-refractivity contribution >= 4 is 17.4 Å². The monoisotopic (exact) mass is 410 g/mol. The van der Waals surface area contributed by atoms with Gasteiger partial charge in [0.25, 0.3) is 0 Å². The van der Waals surface area contributed by atoms with Crippen LogP contribution in [0.15, 0.2) is 36.7 Å². The molecule has 0 saturated carbocycles. The van der Waals surface area contributed by atoms with Crippen molar-refractivity contribution in [2.24, 2.45) is 5.92 Å². The third-order valence-electron chi connectivity index (χ3n) is 5.42. The molecule has 3 heterocycles. The Kier molecular flexibility index (Phi) is 5.97. The van der Waals surface area contributed by atoms with Crippen molar-refractivity contribution in [3.63, 3.8) is 0 Å². The number of nitrogens with one attached hydrogen (secondary N) is 1. The summed E-state index contributed by atoms with van der Waals surface area (Å²) in [6.45, 7) is 2.12. The summed E-state index contributed by atoms with van der Waals surface area (Å²) >= 11 is 0. The molecule has 158 valence electrons. The van der Waals surface area contributed by atoms with Crippen LogP contribution in [0.1, 0.15) is 18.4 Å². The molecular weight excluding hydrogens is 384 g/mol. The molecule has 1 amide bonds. The zero-order valence-electron chi connectivity index (χ0n) is 17.2. The third kappa shape index (κ3) is 4.29. The molecule has 0 spiro atoms. The highest BCUT2D eigenvalue weighted by atomic mass is 16.5. The quantitative estimate of drug-likeness (QED) is 0.634. The standard InChI is InChI=1S/C21H26N6O3/c1-29-17-6-5-15(12-18(17)30-2)9-10-22-21(28)16-4-3-11-26(13-16)20-8-7-19-24-23-14-27(19)25-20/h5-8,12,14,16H,3-4,9-11,13H2,1-2H3,(H,22,28). The molecule has 0 radical (unpaired) electrons. The number of ether oxygens (including phenoxy) is 2. The van der Waals surface area contributed by atoms with Crippen LogP contribution in [0.3, 0.4) is 0 Å². The van der Waals surface area contributed by atoms with Crippen molar-refractivity contribution in [2.45, 2.75) is 19.3 Å². The van der Waals surface area contributed by atoms with Gasteiger partial charge in [-0.1, -0.05) is 6.07 Å². The van der Waals surface area contributed by atoms with Crippen molar-refractivity contribution < 1.29 is 14.3 Å². The summed E-state index contributed by atoms with van der Waals surface area (Å²) in [7, 11) is 3.24. The molecule has 1 aliphatic heterocycles. The van der Waals surface area contributed by atoms with E-state index in [1.807, 2.05) is 30.3 Å². The first kappa shape index (κ1) is 19.9. The highest BCUT2D eigenvalue weighted by Gasteiger charge is 2.26. The first-order valence-electron chi connectivity index (χ1n) is 10.1. The highest BCUT2D eigenvalue weighted by molar-refractivity contribution is 5.79. The van der Waals surface area contributed by atoms with Crippen LogP contribution in [-0.4, -0.2) is 59.6 Å². The Balaban J connectivity index is 1.32. The fourth-order valence-corrected chi connectivity index (χ4v) is 3.80. The van der Waals surface area contributed by atoms with Gasteiger partial charge in [0.05, 0.1) is 20.1 Å². The molecule has 30 heavy (non-hydrogen) atoms. The molecule has 9 nitrogen and oxygen atoms in total. The van der Waals surface area contributed by atoms with Gasteiger partial charge in [0.15, 0.2) is 17.1 Å². The molecule has 1 aromatic carbocycles. The number of carbonyl (C=O) groups excluding carboxylic acids is 1. The molecule has 1 N–H and O–H groups in total. The highest BCUT2D eigenvalue weighted by Crippen LogP contribution is 2.27. The van der Waals surface area contributed by atoms with Gasteiger partial charge in [0.2, 0.25) is 5.91 Å². The summed E-state index contributed by atoms with van der Waals surface area (Å²) in [6, 6.07) is 9.64. The summed E-state index contributed by atoms with van der Waals surface area (Å²) < 4.78 is 12.3. The van der Waals surface area contributed by atoms with Crippen molar-refractivity contribution in [1.29, 1.82) is 0 Å². The maximum Gasteiger partial charge on any atom is 0.224 e. The van der Waals surface area contributed by atoms with Crippen LogP contribution in [-0.2, 0) is 11.2 Å². The van der Waals surface area contributed by atoms with E-state index in [0.717, 1.165) is 37.2 Å². The van der Waals surface area contributed by atoms with E-state index >= 15 is 0 Å². The van der Waals surface area contributed by atoms with Crippen LogP contribution in [0.4, 0.5) is 5.82 Å². The lowest BCUT2D eigenvalue weighted by Crippen LogP contribution is -2.43. The number of carbonyl (C=O) groups is 1. The maximum atomic E-state index is 12.7. The SMILES string of the molecule is COc1ccc(CCNC(=O)C2CCCN(c3ccc4nncn4n3)C2)cc1OC. The fraction of sp³-hybridized carbons (Fsp3) is 0.429. The van der Waals surface area contributed by atoms with E-state index in [2.05, 4.69) is 25.5 Å². The number of methoxy groups -OCH3 is 2. The molecule has 1 aliphatic rings. The van der Waals surface area contributed by atoms with Crippen LogP contribution < -0.4 is 19.7 Å². The Labute approximate surface area is 175 Å². The fourth-order valence-electron chi connectivity index (χ4n) is 3.80. The minimum atomic E-state index is -0.0532. The lowest BCUT2D eigenvalue weighted by atomic mass is 9.97. The number of benzene rings is 1. The zero-order chi connectivity index (χ0) is 20.9. The van der Waals surface area contributed by atoms with Crippen molar-refractivity contribution in [3.8, 4) is 11.5 Å². The Morgan fingerprint density at radius 1 is 1.20 bits per heavy atom. The molecule has 1 saturated heterocycles. The van der Waals surface area contributed by atoms with Crippen LogP contribution in [0, 0.1) is 5.92 Å². The van der Waals surface area contributed by atoms with Crippen molar-refractivity contribution in [3.05, 3.63) is 42.2 Å². The molecule has 2 aromatic heterocycles. The first-order valence-corrected chi connectivity index (χ1v) is 10.1. The number of nitrogens with zero attached hydrogens (tertiary/aromatic N) is 5. The van der Waals surface area contributed by atoms with Gasteiger partial charge < -0.3 is 19.7 Å². The molecule has 3 aromatic rings. The largest absolute Gasteiger partial charge is 0.493 e. The number of hydrogen-bond acceptors (Lipinski definition) is 7. The Bertz CT molecular complexity index is 1020. The Hall–Kier alpha value is -3.36. The molecular formula is C21H26N6O3. The second-order valence-electron chi connectivity index (χ2n) is 7.34. The average molecular weight is 410 g/mol. The smallest absolute Gasteiger partial charge is 0.224 e. The summed E-state index contributed by atoms with van der Waals surface area (Å²) in [5.74, 6) is 2.27. The van der Waals surface area contributed by atoms with Gasteiger partial charge in [-0.05, 0) is 49.1 Å². The van der Waals surface area contributed by atoms with Gasteiger partial charge in [0, 0.05) is 19.6 Å². The second kappa shape index (κ2) is 8.98. The number of fused-ring (bicyclic) bond motifs is 1. The minimum Gasteiger partial charge on any atom is -0.493 e. The van der Waals surface area contributed by atoms with E-state index in [-0.39, 0.29) is 11.8 Å². The van der Waals surface area contributed by atoms with Gasteiger partial charge in [-0.3, -0.25) is 4.79 Å².